The minimum Gasteiger partial charge on any atom is -0.381 e. The second kappa shape index (κ2) is 8.87. The number of unbranched alkanes of at least 4 members (excludes halogenated alkanes) is 3. The van der Waals surface area contributed by atoms with Crippen LogP contribution in [-0.4, -0.2) is 10.9 Å². The van der Waals surface area contributed by atoms with Crippen LogP contribution in [0.3, 0.4) is 0 Å². The average Bonchev–Trinajstić information content (AvgIpc) is 2.47. The van der Waals surface area contributed by atoms with E-state index >= 15 is 0 Å². The quantitative estimate of drug-likeness (QED) is 0.674. The zero-order valence-electron chi connectivity index (χ0n) is 12.1. The minimum absolute atomic E-state index is 0.00735. The molecule has 0 saturated heterocycles. The maximum absolute atomic E-state index is 12.3. The van der Waals surface area contributed by atoms with Gasteiger partial charge >= 0.3 is 0 Å². The van der Waals surface area contributed by atoms with Crippen LogP contribution in [0.2, 0.25) is 0 Å². The Balaban J connectivity index is 2.53. The molecule has 1 aromatic carbocycles. The standard InChI is InChI=1S/C17H26O2/c1-3-5-6-8-11-14(4-2)16(18)17(19)15-12-9-7-10-13-15/h7,9-10,12-14,17,19H,3-6,8,11H2,1-2H3. The molecule has 1 N–H and O–H groups in total. The van der Waals surface area contributed by atoms with Crippen molar-refractivity contribution in [3.8, 4) is 0 Å². The van der Waals surface area contributed by atoms with Crippen LogP contribution in [0.5, 0.6) is 0 Å². The Kier molecular flexibility index (Phi) is 7.42. The highest BCUT2D eigenvalue weighted by Gasteiger charge is 2.24. The number of aliphatic hydroxyl groups excluding tert-OH is 1. The third kappa shape index (κ3) is 5.15. The molecule has 0 radical (unpaired) electrons. The Morgan fingerprint density at radius 2 is 1.79 bits per heavy atom. The number of carbonyl (C=O) groups excluding carboxylic acids is 1. The van der Waals surface area contributed by atoms with Gasteiger partial charge in [0.15, 0.2) is 5.78 Å². The van der Waals surface area contributed by atoms with Crippen molar-refractivity contribution in [2.45, 2.75) is 58.5 Å². The molecule has 0 heterocycles. The van der Waals surface area contributed by atoms with Crippen molar-refractivity contribution in [3.63, 3.8) is 0 Å². The number of hydrogen-bond acceptors (Lipinski definition) is 2. The van der Waals surface area contributed by atoms with Crippen LogP contribution in [0.1, 0.15) is 64.0 Å². The molecule has 0 saturated carbocycles. The summed E-state index contributed by atoms with van der Waals surface area (Å²) in [6.45, 7) is 4.21. The predicted octanol–water partition coefficient (Wildman–Crippen LogP) is 4.29. The van der Waals surface area contributed by atoms with Gasteiger partial charge in [-0.25, -0.2) is 0 Å². The Morgan fingerprint density at radius 1 is 1.11 bits per heavy atom. The second-order valence-corrected chi connectivity index (χ2v) is 5.17. The Morgan fingerprint density at radius 3 is 2.37 bits per heavy atom. The van der Waals surface area contributed by atoms with E-state index < -0.39 is 6.10 Å². The third-order valence-corrected chi connectivity index (χ3v) is 3.69. The van der Waals surface area contributed by atoms with Gasteiger partial charge in [-0.2, -0.15) is 0 Å². The molecule has 2 unspecified atom stereocenters. The summed E-state index contributed by atoms with van der Waals surface area (Å²) in [6.07, 6.45) is 5.45. The maximum Gasteiger partial charge on any atom is 0.168 e. The molecule has 0 aliphatic heterocycles. The highest BCUT2D eigenvalue weighted by molar-refractivity contribution is 5.86. The van der Waals surface area contributed by atoms with E-state index in [0.29, 0.717) is 5.56 Å². The molecule has 106 valence electrons. The Hall–Kier alpha value is -1.15. The van der Waals surface area contributed by atoms with Gasteiger partial charge in [-0.1, -0.05) is 69.9 Å². The molecule has 0 spiro atoms. The first-order chi connectivity index (χ1) is 9.20. The van der Waals surface area contributed by atoms with Gasteiger partial charge in [0.2, 0.25) is 0 Å². The fourth-order valence-electron chi connectivity index (χ4n) is 2.39. The van der Waals surface area contributed by atoms with Crippen molar-refractivity contribution >= 4 is 5.78 Å². The van der Waals surface area contributed by atoms with E-state index in [1.165, 1.54) is 19.3 Å². The lowest BCUT2D eigenvalue weighted by Gasteiger charge is -2.18. The van der Waals surface area contributed by atoms with Crippen molar-refractivity contribution in [1.82, 2.24) is 0 Å². The number of rotatable bonds is 9. The molecule has 0 aliphatic rings. The van der Waals surface area contributed by atoms with Crippen LogP contribution in [-0.2, 0) is 4.79 Å². The lowest BCUT2D eigenvalue weighted by molar-refractivity contribution is -0.131. The summed E-state index contributed by atoms with van der Waals surface area (Å²) in [5.74, 6) is -0.0303. The zero-order chi connectivity index (χ0) is 14.1. The number of hydrogen-bond donors (Lipinski definition) is 1. The highest BCUT2D eigenvalue weighted by Crippen LogP contribution is 2.23. The Bertz CT molecular complexity index is 359. The van der Waals surface area contributed by atoms with E-state index in [0.717, 1.165) is 19.3 Å². The summed E-state index contributed by atoms with van der Waals surface area (Å²) in [5.41, 5.74) is 0.708. The molecule has 2 nitrogen and oxygen atoms in total. The fourth-order valence-corrected chi connectivity index (χ4v) is 2.39. The molecule has 2 heteroatoms. The molecule has 19 heavy (non-hydrogen) atoms. The van der Waals surface area contributed by atoms with Crippen molar-refractivity contribution in [2.24, 2.45) is 5.92 Å². The summed E-state index contributed by atoms with van der Waals surface area (Å²) in [7, 11) is 0. The van der Waals surface area contributed by atoms with Crippen LogP contribution in [0, 0.1) is 5.92 Å². The maximum atomic E-state index is 12.3. The van der Waals surface area contributed by atoms with Gasteiger partial charge in [-0.3, -0.25) is 4.79 Å². The molecule has 0 amide bonds. The van der Waals surface area contributed by atoms with E-state index in [4.69, 9.17) is 0 Å². The lowest BCUT2D eigenvalue weighted by atomic mass is 9.89. The van der Waals surface area contributed by atoms with E-state index in [1.54, 1.807) is 0 Å². The smallest absolute Gasteiger partial charge is 0.168 e. The van der Waals surface area contributed by atoms with E-state index in [2.05, 4.69) is 6.92 Å². The molecule has 0 bridgehead atoms. The van der Waals surface area contributed by atoms with Gasteiger partial charge < -0.3 is 5.11 Å². The molecule has 0 aromatic heterocycles. The largest absolute Gasteiger partial charge is 0.381 e. The average molecular weight is 262 g/mol. The highest BCUT2D eigenvalue weighted by atomic mass is 16.3. The first kappa shape index (κ1) is 15.9. The molecular formula is C17H26O2. The van der Waals surface area contributed by atoms with Gasteiger partial charge in [-0.15, -0.1) is 0 Å². The summed E-state index contributed by atoms with van der Waals surface area (Å²) in [5, 5.41) is 10.1. The third-order valence-electron chi connectivity index (χ3n) is 3.69. The van der Waals surface area contributed by atoms with Crippen molar-refractivity contribution in [2.75, 3.05) is 0 Å². The topological polar surface area (TPSA) is 37.3 Å². The first-order valence-corrected chi connectivity index (χ1v) is 7.47. The number of aliphatic hydroxyl groups is 1. The SMILES string of the molecule is CCCCCCC(CC)C(=O)C(O)c1ccccc1. The molecule has 0 fully saturated rings. The molecule has 1 aromatic rings. The van der Waals surface area contributed by atoms with Gasteiger partial charge in [0.1, 0.15) is 6.10 Å². The van der Waals surface area contributed by atoms with E-state index in [1.807, 2.05) is 37.3 Å². The monoisotopic (exact) mass is 262 g/mol. The summed E-state index contributed by atoms with van der Waals surface area (Å²) >= 11 is 0. The van der Waals surface area contributed by atoms with Crippen LogP contribution >= 0.6 is 0 Å². The van der Waals surface area contributed by atoms with Gasteiger partial charge in [-0.05, 0) is 18.4 Å². The predicted molar refractivity (Wildman–Crippen MR) is 78.9 cm³/mol. The van der Waals surface area contributed by atoms with Gasteiger partial charge in [0, 0.05) is 5.92 Å². The molecule has 2 atom stereocenters. The zero-order valence-corrected chi connectivity index (χ0v) is 12.1. The van der Waals surface area contributed by atoms with Crippen LogP contribution in [0.15, 0.2) is 30.3 Å². The van der Waals surface area contributed by atoms with Crippen molar-refractivity contribution < 1.29 is 9.90 Å². The minimum atomic E-state index is -0.961. The fraction of sp³-hybridized carbons (Fsp3) is 0.588. The van der Waals surface area contributed by atoms with E-state index in [-0.39, 0.29) is 11.7 Å². The number of benzene rings is 1. The normalized spacial score (nSPS) is 14.1. The molecule has 0 aliphatic carbocycles. The van der Waals surface area contributed by atoms with Gasteiger partial charge in [0.25, 0.3) is 0 Å². The second-order valence-electron chi connectivity index (χ2n) is 5.17. The van der Waals surface area contributed by atoms with Crippen molar-refractivity contribution in [1.29, 1.82) is 0 Å². The number of Topliss-reactive ketones (excluding diaryl/α,β-unsaturated/α-hetero) is 1. The summed E-state index contributed by atoms with van der Waals surface area (Å²) in [6, 6.07) is 9.23. The lowest BCUT2D eigenvalue weighted by Crippen LogP contribution is -2.21. The van der Waals surface area contributed by atoms with Crippen molar-refractivity contribution in [3.05, 3.63) is 35.9 Å². The molecule has 1 rings (SSSR count). The first-order valence-electron chi connectivity index (χ1n) is 7.47. The van der Waals surface area contributed by atoms with Crippen LogP contribution < -0.4 is 0 Å². The Labute approximate surface area is 116 Å². The van der Waals surface area contributed by atoms with Crippen LogP contribution in [0.25, 0.3) is 0 Å². The van der Waals surface area contributed by atoms with Gasteiger partial charge in [0.05, 0.1) is 0 Å². The number of carbonyl (C=O) groups is 1. The summed E-state index contributed by atoms with van der Waals surface area (Å²) < 4.78 is 0. The number of ketones is 1. The van der Waals surface area contributed by atoms with E-state index in [9.17, 15) is 9.90 Å². The summed E-state index contributed by atoms with van der Waals surface area (Å²) in [4.78, 5) is 12.3. The molecular weight excluding hydrogens is 236 g/mol. The van der Waals surface area contributed by atoms with Crippen LogP contribution in [0.4, 0.5) is 0 Å².